The molecule has 6 N–H and O–H groups in total. The van der Waals surface area contributed by atoms with Gasteiger partial charge in [0.05, 0.1) is 18.6 Å². The molecule has 1 aromatic carbocycles. The van der Waals surface area contributed by atoms with Crippen molar-refractivity contribution in [1.82, 2.24) is 24.5 Å². The number of aromatic nitrogens is 5. The second-order valence-corrected chi connectivity index (χ2v) is 9.19. The molecule has 1 fully saturated rings. The van der Waals surface area contributed by atoms with Crippen LogP contribution >= 0.6 is 7.82 Å². The minimum atomic E-state index is -4.75. The van der Waals surface area contributed by atoms with Crippen LogP contribution in [0.4, 0.5) is 5.82 Å². The van der Waals surface area contributed by atoms with Gasteiger partial charge in [-0.05, 0) is 12.1 Å². The average molecular weight is 504 g/mol. The molecule has 15 heteroatoms. The number of nitrogens with zero attached hydrogens (tertiary/aromatic N) is 5. The highest BCUT2D eigenvalue weighted by Gasteiger charge is 2.49. The van der Waals surface area contributed by atoms with E-state index in [1.807, 2.05) is 0 Å². The average Bonchev–Trinajstić information content (AvgIpc) is 3.40. The molecule has 14 nitrogen and oxygen atoms in total. The van der Waals surface area contributed by atoms with Gasteiger partial charge in [-0.15, -0.1) is 0 Å². The summed E-state index contributed by atoms with van der Waals surface area (Å²) in [5.41, 5.74) is 6.89. The lowest BCUT2D eigenvalue weighted by Crippen LogP contribution is -2.35. The molecule has 4 aromatic rings. The van der Waals surface area contributed by atoms with Gasteiger partial charge in [0.25, 0.3) is 0 Å². The molecule has 1 aliphatic heterocycles. The molecule has 1 aliphatic rings. The van der Waals surface area contributed by atoms with Crippen LogP contribution < -0.4 is 5.73 Å². The van der Waals surface area contributed by atoms with E-state index in [4.69, 9.17) is 19.5 Å². The molecule has 0 amide bonds. The molecule has 0 radical (unpaired) electrons. The van der Waals surface area contributed by atoms with Crippen molar-refractivity contribution in [2.75, 3.05) is 12.3 Å². The first-order chi connectivity index (χ1) is 16.8. The Morgan fingerprint density at radius 2 is 2.00 bits per heavy atom. The summed E-state index contributed by atoms with van der Waals surface area (Å²) < 4.78 is 29.9. The molecule has 5 rings (SSSR count). The van der Waals surface area contributed by atoms with Gasteiger partial charge >= 0.3 is 7.82 Å². The number of imidazole rings is 1. The zero-order valence-corrected chi connectivity index (χ0v) is 18.8. The fraction of sp³-hybridized carbons (Fsp3) is 0.300. The van der Waals surface area contributed by atoms with Crippen LogP contribution in [-0.4, -0.2) is 69.6 Å². The molecule has 0 aliphatic carbocycles. The van der Waals surface area contributed by atoms with Crippen molar-refractivity contribution in [2.45, 2.75) is 31.1 Å². The van der Waals surface area contributed by atoms with Gasteiger partial charge in [-0.25, -0.2) is 24.5 Å². The first-order valence-corrected chi connectivity index (χ1v) is 11.9. The zero-order chi connectivity index (χ0) is 24.7. The highest BCUT2D eigenvalue weighted by molar-refractivity contribution is 7.47. The van der Waals surface area contributed by atoms with E-state index in [1.54, 1.807) is 24.3 Å². The lowest BCUT2D eigenvalue weighted by molar-refractivity contribution is -0.0512. The molecule has 1 unspecified atom stereocenters. The lowest BCUT2D eigenvalue weighted by Gasteiger charge is -2.22. The summed E-state index contributed by atoms with van der Waals surface area (Å²) in [6.45, 7) is -1.04. The topological polar surface area (TPSA) is 208 Å². The molecule has 35 heavy (non-hydrogen) atoms. The molecule has 5 atom stereocenters. The second-order valence-electron chi connectivity index (χ2n) is 7.78. The lowest BCUT2D eigenvalue weighted by atomic mass is 10.1. The van der Waals surface area contributed by atoms with E-state index < -0.39 is 45.6 Å². The molecule has 0 bridgehead atoms. The summed E-state index contributed by atoms with van der Waals surface area (Å²) in [5, 5.41) is 31.2. The van der Waals surface area contributed by atoms with Crippen LogP contribution in [0.1, 0.15) is 11.9 Å². The van der Waals surface area contributed by atoms with Crippen molar-refractivity contribution in [3.63, 3.8) is 0 Å². The number of benzene rings is 1. The van der Waals surface area contributed by atoms with Crippen molar-refractivity contribution < 1.29 is 38.6 Å². The highest BCUT2D eigenvalue weighted by atomic mass is 31.2. The fourth-order valence-electron chi connectivity index (χ4n) is 3.87. The number of aromatic hydroxyl groups is 1. The number of phenols is 1. The van der Waals surface area contributed by atoms with E-state index in [0.29, 0.717) is 10.9 Å². The van der Waals surface area contributed by atoms with Gasteiger partial charge in [0.1, 0.15) is 48.0 Å². The minimum absolute atomic E-state index is 0.0464. The van der Waals surface area contributed by atoms with Crippen LogP contribution in [0.25, 0.3) is 22.1 Å². The van der Waals surface area contributed by atoms with Crippen LogP contribution in [0, 0.1) is 0 Å². The number of aliphatic hydroxyl groups excluding tert-OH is 2. The van der Waals surface area contributed by atoms with E-state index in [0.717, 1.165) is 0 Å². The normalized spacial score (nSPS) is 24.2. The third kappa shape index (κ3) is 4.44. The first-order valence-electron chi connectivity index (χ1n) is 10.4. The van der Waals surface area contributed by atoms with Gasteiger partial charge in [0, 0.05) is 5.39 Å². The number of rotatable bonds is 7. The predicted octanol–water partition coefficient (Wildman–Crippen LogP) is 0.615. The molecule has 1 saturated heterocycles. The van der Waals surface area contributed by atoms with Crippen molar-refractivity contribution in [3.8, 4) is 5.75 Å². The van der Waals surface area contributed by atoms with E-state index in [9.17, 15) is 24.8 Å². The maximum Gasteiger partial charge on any atom is 0.473 e. The maximum absolute atomic E-state index is 12.7. The number of hydrogen-bond donors (Lipinski definition) is 5. The molecular weight excluding hydrogens is 483 g/mol. The Kier molecular flexibility index (Phi) is 6.11. The Balaban J connectivity index is 1.32. The van der Waals surface area contributed by atoms with Gasteiger partial charge in [-0.2, -0.15) is 0 Å². The molecular formula is C20H21N6O8P. The standard InChI is InChI=1S/C20H21N6O8P/c21-18-15-19(23-8-22-18)26(9-24-15)20-16(29)17(13(6-27)33-20)34-35(30,31)32-7-11-5-4-10-2-1-3-12(28)14(10)25-11/h1-5,8-9,13,16-17,20,27-29H,6-7H2,(H,30,31)(H2,21,22,23)/t13-,16-,17-,20-/m1/s1. The van der Waals surface area contributed by atoms with E-state index in [-0.39, 0.29) is 28.4 Å². The number of phenolic OH excluding ortho intramolecular Hbond substituents is 1. The summed E-state index contributed by atoms with van der Waals surface area (Å²) in [4.78, 5) is 26.5. The third-order valence-corrected chi connectivity index (χ3v) is 6.50. The van der Waals surface area contributed by atoms with Crippen LogP contribution in [0.3, 0.4) is 0 Å². The molecule has 3 aromatic heterocycles. The van der Waals surface area contributed by atoms with E-state index >= 15 is 0 Å². The van der Waals surface area contributed by atoms with Gasteiger partial charge in [0.2, 0.25) is 0 Å². The highest BCUT2D eigenvalue weighted by Crippen LogP contribution is 2.49. The maximum atomic E-state index is 12.7. The number of aliphatic hydroxyl groups is 2. The summed E-state index contributed by atoms with van der Waals surface area (Å²) >= 11 is 0. The number of para-hydroxylation sites is 1. The number of nitrogens with two attached hydrogens (primary N) is 1. The monoisotopic (exact) mass is 504 g/mol. The Bertz CT molecular complexity index is 1430. The Morgan fingerprint density at radius 1 is 1.17 bits per heavy atom. The molecule has 184 valence electrons. The summed E-state index contributed by atoms with van der Waals surface area (Å²) in [6.07, 6.45) is -2.71. The van der Waals surface area contributed by atoms with Gasteiger partial charge in [0.15, 0.2) is 17.7 Å². The molecule has 4 heterocycles. The van der Waals surface area contributed by atoms with Crippen molar-refractivity contribution in [2.24, 2.45) is 0 Å². The number of anilines is 1. The first kappa shape index (κ1) is 23.5. The molecule has 0 saturated carbocycles. The fourth-order valence-corrected chi connectivity index (χ4v) is 4.79. The number of pyridine rings is 1. The summed E-state index contributed by atoms with van der Waals surface area (Å²) in [7, 11) is -4.75. The van der Waals surface area contributed by atoms with Crippen LogP contribution in [0.2, 0.25) is 0 Å². The van der Waals surface area contributed by atoms with Crippen LogP contribution in [-0.2, 0) is 25.0 Å². The number of hydrogen-bond acceptors (Lipinski definition) is 12. The van der Waals surface area contributed by atoms with E-state index in [1.165, 1.54) is 23.3 Å². The predicted molar refractivity (Wildman–Crippen MR) is 120 cm³/mol. The van der Waals surface area contributed by atoms with Crippen molar-refractivity contribution in [3.05, 3.63) is 48.7 Å². The SMILES string of the molecule is Nc1ncnc2c1ncn2[C@@H]1O[C@H](CO)[C@@H](OP(=O)(O)OCc2ccc3cccc(O)c3n2)[C@H]1O. The number of fused-ring (bicyclic) bond motifs is 2. The Hall–Kier alpha value is -3.23. The van der Waals surface area contributed by atoms with E-state index in [2.05, 4.69) is 19.9 Å². The minimum Gasteiger partial charge on any atom is -0.506 e. The van der Waals surface area contributed by atoms with Gasteiger partial charge < -0.3 is 30.7 Å². The Labute approximate surface area is 197 Å². The third-order valence-electron chi connectivity index (χ3n) is 5.54. The number of ether oxygens (including phenoxy) is 1. The van der Waals surface area contributed by atoms with Crippen molar-refractivity contribution >= 4 is 35.7 Å². The number of phosphoric ester groups is 1. The van der Waals surface area contributed by atoms with Gasteiger partial charge in [-0.3, -0.25) is 13.6 Å². The summed E-state index contributed by atoms with van der Waals surface area (Å²) in [5.74, 6) is 0.0755. The smallest absolute Gasteiger partial charge is 0.473 e. The van der Waals surface area contributed by atoms with Gasteiger partial charge in [-0.1, -0.05) is 18.2 Å². The van der Waals surface area contributed by atoms with Crippen molar-refractivity contribution in [1.29, 1.82) is 0 Å². The summed E-state index contributed by atoms with van der Waals surface area (Å²) in [6, 6.07) is 8.14. The Morgan fingerprint density at radius 3 is 2.80 bits per heavy atom. The molecule has 0 spiro atoms. The van der Waals surface area contributed by atoms with Crippen LogP contribution in [0.5, 0.6) is 5.75 Å². The zero-order valence-electron chi connectivity index (χ0n) is 17.9. The quantitative estimate of drug-likeness (QED) is 0.219. The number of nitrogen functional groups attached to an aromatic ring is 1. The second kappa shape index (κ2) is 9.09. The number of phosphoric acid groups is 1. The van der Waals surface area contributed by atoms with Crippen LogP contribution in [0.15, 0.2) is 43.0 Å². The largest absolute Gasteiger partial charge is 0.506 e.